The van der Waals surface area contributed by atoms with E-state index in [2.05, 4.69) is 10.4 Å². The smallest absolute Gasteiger partial charge is 0.251 e. The number of benzene rings is 1. The number of aromatic nitrogens is 2. The molecule has 1 aromatic carbocycles. The van der Waals surface area contributed by atoms with Gasteiger partial charge in [0, 0.05) is 43.3 Å². The molecule has 2 aromatic rings. The molecule has 122 valence electrons. The van der Waals surface area contributed by atoms with E-state index in [4.69, 9.17) is 4.74 Å². The number of amides is 1. The Kier molecular flexibility index (Phi) is 4.48. The van der Waals surface area contributed by atoms with Crippen LogP contribution in [0.1, 0.15) is 38.4 Å². The molecule has 0 saturated heterocycles. The summed E-state index contributed by atoms with van der Waals surface area (Å²) in [7, 11) is 1.97. The van der Waals surface area contributed by atoms with Gasteiger partial charge < -0.3 is 10.1 Å². The van der Waals surface area contributed by atoms with Crippen LogP contribution in [-0.4, -0.2) is 28.8 Å². The van der Waals surface area contributed by atoms with Crippen molar-refractivity contribution in [3.8, 4) is 0 Å². The van der Waals surface area contributed by atoms with Crippen molar-refractivity contribution in [1.29, 1.82) is 0 Å². The van der Waals surface area contributed by atoms with Gasteiger partial charge in [-0.1, -0.05) is 6.07 Å². The summed E-state index contributed by atoms with van der Waals surface area (Å²) >= 11 is 0. The summed E-state index contributed by atoms with van der Waals surface area (Å²) in [6.07, 6.45) is 1.64. The zero-order chi connectivity index (χ0) is 16.4. The van der Waals surface area contributed by atoms with Crippen molar-refractivity contribution < 1.29 is 9.53 Å². The molecule has 0 aliphatic carbocycles. The van der Waals surface area contributed by atoms with Gasteiger partial charge in [-0.15, -0.1) is 0 Å². The largest absolute Gasteiger partial charge is 0.376 e. The van der Waals surface area contributed by atoms with Gasteiger partial charge in [-0.25, -0.2) is 0 Å². The van der Waals surface area contributed by atoms with Crippen LogP contribution in [0.15, 0.2) is 18.2 Å². The van der Waals surface area contributed by atoms with Gasteiger partial charge in [0.05, 0.1) is 18.9 Å². The molecule has 1 aliphatic heterocycles. The minimum absolute atomic E-state index is 0.0332. The number of hydrogen-bond acceptors (Lipinski definition) is 3. The lowest BCUT2D eigenvalue weighted by atomic mass is 10.1. The van der Waals surface area contributed by atoms with Crippen LogP contribution in [0.5, 0.6) is 0 Å². The zero-order valence-electron chi connectivity index (χ0n) is 14.0. The van der Waals surface area contributed by atoms with Crippen molar-refractivity contribution >= 4 is 5.91 Å². The summed E-state index contributed by atoms with van der Waals surface area (Å²) < 4.78 is 7.47. The molecule has 1 amide bonds. The van der Waals surface area contributed by atoms with Gasteiger partial charge in [0.2, 0.25) is 0 Å². The van der Waals surface area contributed by atoms with Crippen LogP contribution in [0.4, 0.5) is 0 Å². The first-order valence-corrected chi connectivity index (χ1v) is 8.03. The lowest BCUT2D eigenvalue weighted by Crippen LogP contribution is -2.26. The summed E-state index contributed by atoms with van der Waals surface area (Å²) in [5, 5.41) is 7.55. The van der Waals surface area contributed by atoms with E-state index < -0.39 is 0 Å². The maximum atomic E-state index is 12.2. The van der Waals surface area contributed by atoms with Gasteiger partial charge in [0.25, 0.3) is 5.91 Å². The first-order chi connectivity index (χ1) is 11.1. The Bertz CT molecular complexity index is 734. The molecule has 0 bridgehead atoms. The van der Waals surface area contributed by atoms with E-state index in [9.17, 15) is 4.79 Å². The Morgan fingerprint density at radius 2 is 2.17 bits per heavy atom. The average molecular weight is 313 g/mol. The van der Waals surface area contributed by atoms with Gasteiger partial charge in [0.1, 0.15) is 0 Å². The van der Waals surface area contributed by atoms with E-state index in [1.807, 2.05) is 43.8 Å². The van der Waals surface area contributed by atoms with Crippen LogP contribution in [0.3, 0.4) is 0 Å². The predicted molar refractivity (Wildman–Crippen MR) is 88.5 cm³/mol. The van der Waals surface area contributed by atoms with E-state index in [0.717, 1.165) is 30.7 Å². The van der Waals surface area contributed by atoms with Crippen LogP contribution in [0, 0.1) is 13.8 Å². The molecule has 1 aromatic heterocycles. The van der Waals surface area contributed by atoms with Crippen LogP contribution in [-0.2, 0) is 31.2 Å². The molecule has 5 heteroatoms. The minimum atomic E-state index is -0.0332. The van der Waals surface area contributed by atoms with Crippen LogP contribution >= 0.6 is 0 Å². The van der Waals surface area contributed by atoms with E-state index in [1.165, 1.54) is 16.8 Å². The molecule has 0 atom stereocenters. The lowest BCUT2D eigenvalue weighted by molar-refractivity contribution is 0.0953. The predicted octanol–water partition coefficient (Wildman–Crippen LogP) is 2.08. The average Bonchev–Trinajstić information content (AvgIpc) is 2.87. The highest BCUT2D eigenvalue weighted by Crippen LogP contribution is 2.20. The van der Waals surface area contributed by atoms with E-state index in [0.29, 0.717) is 18.7 Å². The standard InChI is InChI=1S/C18H23N3O2/c1-12-4-5-14(10-13(12)2)18(22)19-8-6-16-15-11-23-9-7-17(15)21(3)20-16/h4-5,10H,6-9,11H2,1-3H3,(H,19,22). The second kappa shape index (κ2) is 6.54. The topological polar surface area (TPSA) is 56.2 Å². The van der Waals surface area contributed by atoms with E-state index in [-0.39, 0.29) is 5.91 Å². The summed E-state index contributed by atoms with van der Waals surface area (Å²) in [5.41, 5.74) is 6.52. The molecule has 0 radical (unpaired) electrons. The van der Waals surface area contributed by atoms with Crippen molar-refractivity contribution in [2.24, 2.45) is 7.05 Å². The summed E-state index contributed by atoms with van der Waals surface area (Å²) in [6.45, 7) is 6.03. The van der Waals surface area contributed by atoms with E-state index >= 15 is 0 Å². The number of ether oxygens (including phenoxy) is 1. The molecular weight excluding hydrogens is 290 g/mol. The van der Waals surface area contributed by atoms with Gasteiger partial charge in [-0.2, -0.15) is 5.10 Å². The fourth-order valence-electron chi connectivity index (χ4n) is 2.97. The number of carbonyl (C=O) groups excluding carboxylic acids is 1. The molecule has 3 rings (SSSR count). The molecule has 2 heterocycles. The molecule has 1 aliphatic rings. The number of rotatable bonds is 4. The highest BCUT2D eigenvalue weighted by Gasteiger charge is 2.19. The fourth-order valence-corrected chi connectivity index (χ4v) is 2.97. The van der Waals surface area contributed by atoms with Crippen molar-refractivity contribution in [2.45, 2.75) is 33.3 Å². The van der Waals surface area contributed by atoms with Crippen molar-refractivity contribution in [1.82, 2.24) is 15.1 Å². The van der Waals surface area contributed by atoms with Crippen molar-refractivity contribution in [3.63, 3.8) is 0 Å². The number of fused-ring (bicyclic) bond motifs is 1. The Balaban J connectivity index is 1.61. The van der Waals surface area contributed by atoms with Gasteiger partial charge in [-0.05, 0) is 37.1 Å². The van der Waals surface area contributed by atoms with E-state index in [1.54, 1.807) is 0 Å². The van der Waals surface area contributed by atoms with Gasteiger partial charge in [-0.3, -0.25) is 9.48 Å². The fraction of sp³-hybridized carbons (Fsp3) is 0.444. The molecule has 0 unspecified atom stereocenters. The lowest BCUT2D eigenvalue weighted by Gasteiger charge is -2.13. The third kappa shape index (κ3) is 3.29. The normalized spacial score (nSPS) is 13.7. The highest BCUT2D eigenvalue weighted by atomic mass is 16.5. The zero-order valence-corrected chi connectivity index (χ0v) is 14.0. The quantitative estimate of drug-likeness (QED) is 0.940. The summed E-state index contributed by atoms with van der Waals surface area (Å²) in [6, 6.07) is 5.78. The molecule has 0 saturated carbocycles. The number of carbonyl (C=O) groups is 1. The van der Waals surface area contributed by atoms with Crippen LogP contribution < -0.4 is 5.32 Å². The Morgan fingerprint density at radius 3 is 2.96 bits per heavy atom. The Morgan fingerprint density at radius 1 is 1.35 bits per heavy atom. The van der Waals surface area contributed by atoms with Crippen molar-refractivity contribution in [3.05, 3.63) is 51.8 Å². The molecule has 5 nitrogen and oxygen atoms in total. The van der Waals surface area contributed by atoms with Crippen LogP contribution in [0.25, 0.3) is 0 Å². The monoisotopic (exact) mass is 313 g/mol. The Labute approximate surface area is 136 Å². The SMILES string of the molecule is Cc1ccc(C(=O)NCCc2nn(C)c3c2COCC3)cc1C. The maximum Gasteiger partial charge on any atom is 0.251 e. The number of hydrogen-bond donors (Lipinski definition) is 1. The van der Waals surface area contributed by atoms with Gasteiger partial charge >= 0.3 is 0 Å². The maximum absolute atomic E-state index is 12.2. The third-order valence-corrected chi connectivity index (χ3v) is 4.50. The molecule has 23 heavy (non-hydrogen) atoms. The second-order valence-corrected chi connectivity index (χ2v) is 6.10. The first kappa shape index (κ1) is 15.7. The van der Waals surface area contributed by atoms with Gasteiger partial charge in [0.15, 0.2) is 0 Å². The molecule has 1 N–H and O–H groups in total. The summed E-state index contributed by atoms with van der Waals surface area (Å²) in [4.78, 5) is 12.2. The number of nitrogens with zero attached hydrogens (tertiary/aromatic N) is 2. The summed E-state index contributed by atoms with van der Waals surface area (Å²) in [5.74, 6) is -0.0332. The first-order valence-electron chi connectivity index (χ1n) is 8.03. The number of nitrogens with one attached hydrogen (secondary N) is 1. The molecular formula is C18H23N3O2. The number of aryl methyl sites for hydroxylation is 3. The minimum Gasteiger partial charge on any atom is -0.376 e. The van der Waals surface area contributed by atoms with Crippen molar-refractivity contribution in [2.75, 3.05) is 13.2 Å². The third-order valence-electron chi connectivity index (χ3n) is 4.50. The molecule has 0 spiro atoms. The molecule has 0 fully saturated rings. The Hall–Kier alpha value is -2.14. The highest BCUT2D eigenvalue weighted by molar-refractivity contribution is 5.94. The van der Waals surface area contributed by atoms with Crippen LogP contribution in [0.2, 0.25) is 0 Å². The second-order valence-electron chi connectivity index (χ2n) is 6.10.